The number of hydrogen-bond acceptors (Lipinski definition) is 4. The molecule has 1 unspecified atom stereocenters. The number of ether oxygens (including phenoxy) is 1. The lowest BCUT2D eigenvalue weighted by atomic mass is 10.1. The van der Waals surface area contributed by atoms with Crippen LogP contribution in [0.1, 0.15) is 71.1 Å². The van der Waals surface area contributed by atoms with Crippen molar-refractivity contribution in [1.29, 1.82) is 0 Å². The van der Waals surface area contributed by atoms with Gasteiger partial charge in [0, 0.05) is 0 Å². The van der Waals surface area contributed by atoms with Gasteiger partial charge in [-0.3, -0.25) is 9.69 Å². The molecule has 0 aromatic heterocycles. The first-order valence-electron chi connectivity index (χ1n) is 8.57. The third kappa shape index (κ3) is 11.7. The van der Waals surface area contributed by atoms with E-state index < -0.39 is 6.04 Å². The van der Waals surface area contributed by atoms with Gasteiger partial charge < -0.3 is 9.84 Å². The van der Waals surface area contributed by atoms with Crippen LogP contribution in [0.4, 0.5) is 0 Å². The first kappa shape index (κ1) is 20.4. The fourth-order valence-corrected chi connectivity index (χ4v) is 2.31. The highest BCUT2D eigenvalue weighted by atomic mass is 16.5. The van der Waals surface area contributed by atoms with Crippen LogP contribution in [0.25, 0.3) is 0 Å². The smallest absolute Gasteiger partial charge is 0.325 e. The van der Waals surface area contributed by atoms with E-state index in [9.17, 15) is 4.79 Å². The molecule has 0 bridgehead atoms. The molecule has 0 aromatic carbocycles. The summed E-state index contributed by atoms with van der Waals surface area (Å²) in [5.74, 6) is -0.321. The molecule has 0 saturated heterocycles. The largest absolute Gasteiger partial charge is 0.464 e. The van der Waals surface area contributed by atoms with Crippen LogP contribution < -0.4 is 0 Å². The van der Waals surface area contributed by atoms with Crippen molar-refractivity contribution in [2.45, 2.75) is 77.2 Å². The standard InChI is InChI=1S/C17H35NO3/c1-4-5-6-7-8-9-10-11-12-13-14-21-17(20)16(15-19)18(2)3/h16,19H,4-15H2,1-3H3. The minimum absolute atomic E-state index is 0.191. The van der Waals surface area contributed by atoms with Gasteiger partial charge in [-0.05, 0) is 20.5 Å². The lowest BCUT2D eigenvalue weighted by Crippen LogP contribution is -2.40. The maximum absolute atomic E-state index is 11.7. The second-order valence-corrected chi connectivity index (χ2v) is 6.01. The number of esters is 1. The topological polar surface area (TPSA) is 49.8 Å². The summed E-state index contributed by atoms with van der Waals surface area (Å²) in [7, 11) is 3.53. The summed E-state index contributed by atoms with van der Waals surface area (Å²) in [6.07, 6.45) is 12.7. The van der Waals surface area contributed by atoms with Gasteiger partial charge in [-0.15, -0.1) is 0 Å². The fourth-order valence-electron chi connectivity index (χ4n) is 2.31. The van der Waals surface area contributed by atoms with Crippen LogP contribution in [0.5, 0.6) is 0 Å². The molecule has 0 aliphatic carbocycles. The summed E-state index contributed by atoms with van der Waals surface area (Å²) in [5.41, 5.74) is 0. The second-order valence-electron chi connectivity index (χ2n) is 6.01. The molecular weight excluding hydrogens is 266 g/mol. The van der Waals surface area contributed by atoms with Crippen molar-refractivity contribution in [1.82, 2.24) is 4.90 Å². The number of hydrogen-bond donors (Lipinski definition) is 1. The Hall–Kier alpha value is -0.610. The van der Waals surface area contributed by atoms with Gasteiger partial charge in [-0.2, -0.15) is 0 Å². The number of aliphatic hydroxyl groups excluding tert-OH is 1. The molecule has 0 amide bonds. The van der Waals surface area contributed by atoms with Gasteiger partial charge in [0.15, 0.2) is 0 Å². The summed E-state index contributed by atoms with van der Waals surface area (Å²) in [6, 6.07) is -0.534. The summed E-state index contributed by atoms with van der Waals surface area (Å²) < 4.78 is 5.19. The Morgan fingerprint density at radius 2 is 1.43 bits per heavy atom. The van der Waals surface area contributed by atoms with E-state index in [0.29, 0.717) is 6.61 Å². The molecule has 0 fully saturated rings. The SMILES string of the molecule is CCCCCCCCCCCCOC(=O)C(CO)N(C)C. The van der Waals surface area contributed by atoms with Crippen LogP contribution in [0.3, 0.4) is 0 Å². The van der Waals surface area contributed by atoms with E-state index in [0.717, 1.165) is 12.8 Å². The number of nitrogens with zero attached hydrogens (tertiary/aromatic N) is 1. The molecule has 0 aliphatic rings. The summed E-state index contributed by atoms with van der Waals surface area (Å²) >= 11 is 0. The first-order chi connectivity index (χ1) is 10.1. The van der Waals surface area contributed by atoms with Gasteiger partial charge in [0.05, 0.1) is 13.2 Å². The number of unbranched alkanes of at least 4 members (excludes halogenated alkanes) is 9. The third-order valence-electron chi connectivity index (χ3n) is 3.81. The summed E-state index contributed by atoms with van der Waals surface area (Å²) in [5, 5.41) is 9.10. The minimum Gasteiger partial charge on any atom is -0.464 e. The number of aliphatic hydroxyl groups is 1. The Kier molecular flexibility index (Phi) is 13.9. The number of carbonyl (C=O) groups is 1. The third-order valence-corrected chi connectivity index (χ3v) is 3.81. The van der Waals surface area contributed by atoms with E-state index in [1.54, 1.807) is 19.0 Å². The van der Waals surface area contributed by atoms with Crippen molar-refractivity contribution in [2.75, 3.05) is 27.3 Å². The molecule has 0 saturated carbocycles. The maximum atomic E-state index is 11.7. The Balaban J connectivity index is 3.34. The van der Waals surface area contributed by atoms with Crippen LogP contribution in [0, 0.1) is 0 Å². The lowest BCUT2D eigenvalue weighted by molar-refractivity contribution is -0.150. The molecule has 126 valence electrons. The molecule has 1 atom stereocenters. The van der Waals surface area contributed by atoms with Crippen molar-refractivity contribution in [3.8, 4) is 0 Å². The normalized spacial score (nSPS) is 12.6. The summed E-state index contributed by atoms with van der Waals surface area (Å²) in [4.78, 5) is 13.3. The van der Waals surface area contributed by atoms with Crippen molar-refractivity contribution < 1.29 is 14.6 Å². The first-order valence-corrected chi connectivity index (χ1v) is 8.57. The molecule has 21 heavy (non-hydrogen) atoms. The quantitative estimate of drug-likeness (QED) is 0.395. The van der Waals surface area contributed by atoms with Crippen LogP contribution in [0.15, 0.2) is 0 Å². The second kappa shape index (κ2) is 14.3. The highest BCUT2D eigenvalue weighted by Gasteiger charge is 2.20. The highest BCUT2D eigenvalue weighted by molar-refractivity contribution is 5.75. The Morgan fingerprint density at radius 3 is 1.86 bits per heavy atom. The average molecular weight is 301 g/mol. The number of carbonyl (C=O) groups excluding carboxylic acids is 1. The Bertz CT molecular complexity index is 244. The zero-order valence-corrected chi connectivity index (χ0v) is 14.3. The maximum Gasteiger partial charge on any atom is 0.325 e. The van der Waals surface area contributed by atoms with E-state index in [2.05, 4.69) is 6.92 Å². The van der Waals surface area contributed by atoms with Gasteiger partial charge in [0.2, 0.25) is 0 Å². The monoisotopic (exact) mass is 301 g/mol. The molecule has 0 aliphatic heterocycles. The molecule has 0 heterocycles. The molecule has 1 N–H and O–H groups in total. The zero-order valence-electron chi connectivity index (χ0n) is 14.3. The van der Waals surface area contributed by atoms with E-state index in [-0.39, 0.29) is 12.6 Å². The van der Waals surface area contributed by atoms with Crippen LogP contribution in [0.2, 0.25) is 0 Å². The van der Waals surface area contributed by atoms with Crippen LogP contribution in [-0.4, -0.2) is 49.3 Å². The molecular formula is C17H35NO3. The molecule has 4 nitrogen and oxygen atoms in total. The Labute approximate surface area is 130 Å². The zero-order chi connectivity index (χ0) is 15.9. The summed E-state index contributed by atoms with van der Waals surface area (Å²) in [6.45, 7) is 2.53. The lowest BCUT2D eigenvalue weighted by Gasteiger charge is -2.20. The molecule has 0 radical (unpaired) electrons. The fraction of sp³-hybridized carbons (Fsp3) is 0.941. The Morgan fingerprint density at radius 1 is 0.952 bits per heavy atom. The van der Waals surface area contributed by atoms with Crippen molar-refractivity contribution in [3.05, 3.63) is 0 Å². The van der Waals surface area contributed by atoms with Gasteiger partial charge in [-0.25, -0.2) is 0 Å². The number of likely N-dealkylation sites (N-methyl/N-ethyl adjacent to an activating group) is 1. The minimum atomic E-state index is -0.534. The number of rotatable bonds is 14. The van der Waals surface area contributed by atoms with Crippen molar-refractivity contribution in [2.24, 2.45) is 0 Å². The molecule has 4 heteroatoms. The van der Waals surface area contributed by atoms with Crippen LogP contribution in [-0.2, 0) is 9.53 Å². The van der Waals surface area contributed by atoms with Gasteiger partial charge >= 0.3 is 5.97 Å². The highest BCUT2D eigenvalue weighted by Crippen LogP contribution is 2.10. The van der Waals surface area contributed by atoms with E-state index >= 15 is 0 Å². The van der Waals surface area contributed by atoms with Gasteiger partial charge in [0.25, 0.3) is 0 Å². The predicted molar refractivity (Wildman–Crippen MR) is 87.4 cm³/mol. The van der Waals surface area contributed by atoms with Crippen LogP contribution >= 0.6 is 0 Å². The average Bonchev–Trinajstić information content (AvgIpc) is 2.45. The van der Waals surface area contributed by atoms with E-state index in [1.165, 1.54) is 51.4 Å². The van der Waals surface area contributed by atoms with E-state index in [1.807, 2.05) is 0 Å². The molecule has 0 spiro atoms. The van der Waals surface area contributed by atoms with Gasteiger partial charge in [-0.1, -0.05) is 64.7 Å². The molecule has 0 rings (SSSR count). The molecule has 0 aromatic rings. The van der Waals surface area contributed by atoms with Gasteiger partial charge in [0.1, 0.15) is 6.04 Å². The van der Waals surface area contributed by atoms with Crippen molar-refractivity contribution >= 4 is 5.97 Å². The van der Waals surface area contributed by atoms with Crippen molar-refractivity contribution in [3.63, 3.8) is 0 Å². The van der Waals surface area contributed by atoms with E-state index in [4.69, 9.17) is 9.84 Å². The predicted octanol–water partition coefficient (Wildman–Crippen LogP) is 3.37.